The van der Waals surface area contributed by atoms with Crippen molar-refractivity contribution in [1.82, 2.24) is 0 Å². The van der Waals surface area contributed by atoms with Gasteiger partial charge >= 0.3 is 0 Å². The third kappa shape index (κ3) is 6.66. The number of amides is 1. The van der Waals surface area contributed by atoms with Crippen LogP contribution in [0.1, 0.15) is 6.92 Å². The second-order valence-electron chi connectivity index (χ2n) is 6.90. The topological polar surface area (TPSA) is 93.7 Å². The highest BCUT2D eigenvalue weighted by atomic mass is 79.9. The molecule has 0 aliphatic rings. The predicted octanol–water partition coefficient (Wildman–Crippen LogP) is 5.39. The van der Waals surface area contributed by atoms with Crippen LogP contribution >= 0.6 is 27.7 Å². The third-order valence-corrected chi connectivity index (χ3v) is 7.59. The van der Waals surface area contributed by atoms with Crippen molar-refractivity contribution in [2.45, 2.75) is 22.0 Å². The van der Waals surface area contributed by atoms with Crippen molar-refractivity contribution in [2.75, 3.05) is 24.3 Å². The Morgan fingerprint density at radius 2 is 1.52 bits per heavy atom. The van der Waals surface area contributed by atoms with Crippen LogP contribution in [0.25, 0.3) is 0 Å². The van der Waals surface area contributed by atoms with Gasteiger partial charge in [-0.25, -0.2) is 8.42 Å². The summed E-state index contributed by atoms with van der Waals surface area (Å²) < 4.78 is 39.1. The molecule has 174 valence electrons. The molecule has 0 unspecified atom stereocenters. The first-order valence-corrected chi connectivity index (χ1v) is 13.0. The molecule has 0 aliphatic heterocycles. The molecule has 0 bridgehead atoms. The fraction of sp³-hybridized carbons (Fsp3) is 0.174. The Morgan fingerprint density at radius 3 is 2.12 bits per heavy atom. The molecule has 0 spiro atoms. The summed E-state index contributed by atoms with van der Waals surface area (Å²) in [4.78, 5) is 13.6. The zero-order valence-corrected chi connectivity index (χ0v) is 21.4. The van der Waals surface area contributed by atoms with Crippen molar-refractivity contribution in [2.24, 2.45) is 0 Å². The molecule has 7 nitrogen and oxygen atoms in total. The number of carbonyl (C=O) groups is 1. The van der Waals surface area contributed by atoms with Gasteiger partial charge in [0.15, 0.2) is 11.5 Å². The lowest BCUT2D eigenvalue weighted by atomic mass is 10.3. The molecular weight excluding hydrogens is 528 g/mol. The van der Waals surface area contributed by atoms with E-state index in [0.717, 1.165) is 9.37 Å². The summed E-state index contributed by atoms with van der Waals surface area (Å²) in [6.45, 7) is 1.79. The van der Waals surface area contributed by atoms with E-state index in [1.165, 1.54) is 23.9 Å². The first-order valence-electron chi connectivity index (χ1n) is 9.80. The van der Waals surface area contributed by atoms with Crippen LogP contribution in [0.15, 0.2) is 81.0 Å². The van der Waals surface area contributed by atoms with Crippen LogP contribution in [-0.4, -0.2) is 33.8 Å². The van der Waals surface area contributed by atoms with Gasteiger partial charge in [-0.1, -0.05) is 15.9 Å². The van der Waals surface area contributed by atoms with Gasteiger partial charge in [-0.05, 0) is 73.7 Å². The second kappa shape index (κ2) is 11.0. The lowest BCUT2D eigenvalue weighted by Gasteiger charge is -2.14. The predicted molar refractivity (Wildman–Crippen MR) is 135 cm³/mol. The number of rotatable bonds is 9. The molecule has 1 amide bonds. The molecule has 0 saturated heterocycles. The fourth-order valence-electron chi connectivity index (χ4n) is 2.84. The van der Waals surface area contributed by atoms with Gasteiger partial charge in [0, 0.05) is 20.7 Å². The molecule has 0 radical (unpaired) electrons. The maximum Gasteiger partial charge on any atom is 0.261 e. The first kappa shape index (κ1) is 24.9. The molecule has 0 saturated carbocycles. The minimum absolute atomic E-state index is 0.0937. The number of thioether (sulfide) groups is 1. The summed E-state index contributed by atoms with van der Waals surface area (Å²) in [6, 6.07) is 18.3. The van der Waals surface area contributed by atoms with E-state index in [2.05, 4.69) is 26.0 Å². The van der Waals surface area contributed by atoms with Gasteiger partial charge in [0.25, 0.3) is 10.0 Å². The van der Waals surface area contributed by atoms with E-state index in [1.54, 1.807) is 63.6 Å². The monoisotopic (exact) mass is 550 g/mol. The normalized spacial score (nSPS) is 12.0. The number of hydrogen-bond donors (Lipinski definition) is 2. The Bertz CT molecular complexity index is 1220. The molecule has 1 atom stereocenters. The number of ether oxygens (including phenoxy) is 2. The number of methoxy groups -OCH3 is 2. The summed E-state index contributed by atoms with van der Waals surface area (Å²) >= 11 is 4.69. The summed E-state index contributed by atoms with van der Waals surface area (Å²) in [6.07, 6.45) is 0. The van der Waals surface area contributed by atoms with Crippen LogP contribution in [0.3, 0.4) is 0 Å². The Labute approximate surface area is 206 Å². The number of hydrogen-bond acceptors (Lipinski definition) is 6. The molecule has 3 aromatic carbocycles. The quantitative estimate of drug-likeness (QED) is 0.347. The minimum Gasteiger partial charge on any atom is -0.493 e. The van der Waals surface area contributed by atoms with Gasteiger partial charge in [-0.15, -0.1) is 11.8 Å². The summed E-state index contributed by atoms with van der Waals surface area (Å²) in [5.74, 6) is 0.991. The second-order valence-corrected chi connectivity index (χ2v) is 10.9. The fourth-order valence-corrected chi connectivity index (χ4v) is 5.06. The lowest BCUT2D eigenvalue weighted by Crippen LogP contribution is -2.22. The van der Waals surface area contributed by atoms with Gasteiger partial charge in [-0.2, -0.15) is 0 Å². The molecule has 0 aromatic heterocycles. The maximum absolute atomic E-state index is 12.6. The molecular formula is C23H23BrN2O5S2. The molecule has 0 heterocycles. The van der Waals surface area contributed by atoms with Crippen LogP contribution in [0.5, 0.6) is 11.5 Å². The number of sulfonamides is 1. The molecule has 3 rings (SSSR count). The first-order chi connectivity index (χ1) is 15.7. The number of nitrogens with one attached hydrogen (secondary N) is 2. The van der Waals surface area contributed by atoms with Crippen LogP contribution in [0.2, 0.25) is 0 Å². The number of carbonyl (C=O) groups excluding carboxylic acids is 1. The lowest BCUT2D eigenvalue weighted by molar-refractivity contribution is -0.115. The number of benzene rings is 3. The highest BCUT2D eigenvalue weighted by Crippen LogP contribution is 2.33. The van der Waals surface area contributed by atoms with Gasteiger partial charge in [0.05, 0.1) is 24.4 Å². The number of anilines is 2. The van der Waals surface area contributed by atoms with Crippen molar-refractivity contribution in [3.8, 4) is 11.5 Å². The summed E-state index contributed by atoms with van der Waals surface area (Å²) in [5.41, 5.74) is 0.957. The SMILES string of the molecule is COc1ccc(S[C@@H](C)C(=O)Nc2ccc(S(=O)(=O)Nc3ccc(Br)cc3)cc2)cc1OC. The molecule has 2 N–H and O–H groups in total. The van der Waals surface area contributed by atoms with Crippen LogP contribution in [-0.2, 0) is 14.8 Å². The van der Waals surface area contributed by atoms with Crippen molar-refractivity contribution in [3.63, 3.8) is 0 Å². The smallest absolute Gasteiger partial charge is 0.261 e. The van der Waals surface area contributed by atoms with Gasteiger partial charge in [0.1, 0.15) is 0 Å². The van der Waals surface area contributed by atoms with Crippen LogP contribution in [0.4, 0.5) is 11.4 Å². The maximum atomic E-state index is 12.6. The average molecular weight is 551 g/mol. The Kier molecular flexibility index (Phi) is 8.28. The van der Waals surface area contributed by atoms with E-state index in [-0.39, 0.29) is 10.8 Å². The zero-order chi connectivity index (χ0) is 24.0. The standard InChI is InChI=1S/C23H23BrN2O5S2/c1-15(32-19-10-13-21(30-2)22(14-19)31-3)23(27)25-17-8-11-20(12-9-17)33(28,29)26-18-6-4-16(24)5-7-18/h4-15,26H,1-3H3,(H,25,27)/t15-/m0/s1. The van der Waals surface area contributed by atoms with Gasteiger partial charge in [-0.3, -0.25) is 9.52 Å². The van der Waals surface area contributed by atoms with E-state index in [1.807, 2.05) is 12.1 Å². The van der Waals surface area contributed by atoms with E-state index in [9.17, 15) is 13.2 Å². The van der Waals surface area contributed by atoms with Crippen LogP contribution < -0.4 is 19.5 Å². The average Bonchev–Trinajstić information content (AvgIpc) is 2.80. The van der Waals surface area contributed by atoms with Crippen molar-refractivity contribution in [1.29, 1.82) is 0 Å². The molecule has 0 fully saturated rings. The largest absolute Gasteiger partial charge is 0.493 e. The molecule has 33 heavy (non-hydrogen) atoms. The molecule has 10 heteroatoms. The van der Waals surface area contributed by atoms with E-state index < -0.39 is 15.3 Å². The van der Waals surface area contributed by atoms with E-state index >= 15 is 0 Å². The van der Waals surface area contributed by atoms with Gasteiger partial charge < -0.3 is 14.8 Å². The number of halogens is 1. The highest BCUT2D eigenvalue weighted by Gasteiger charge is 2.18. The van der Waals surface area contributed by atoms with Crippen molar-refractivity contribution < 1.29 is 22.7 Å². The third-order valence-electron chi connectivity index (χ3n) is 4.57. The van der Waals surface area contributed by atoms with E-state index in [4.69, 9.17) is 9.47 Å². The van der Waals surface area contributed by atoms with Crippen LogP contribution in [0, 0.1) is 0 Å². The minimum atomic E-state index is -3.75. The summed E-state index contributed by atoms with van der Waals surface area (Å²) in [5, 5.41) is 2.41. The highest BCUT2D eigenvalue weighted by molar-refractivity contribution is 9.10. The molecule has 0 aliphatic carbocycles. The van der Waals surface area contributed by atoms with Gasteiger partial charge in [0.2, 0.25) is 5.91 Å². The van der Waals surface area contributed by atoms with E-state index in [0.29, 0.717) is 22.9 Å². The Balaban J connectivity index is 1.63. The zero-order valence-electron chi connectivity index (χ0n) is 18.2. The van der Waals surface area contributed by atoms with Crippen molar-refractivity contribution in [3.05, 3.63) is 71.2 Å². The molecule has 3 aromatic rings. The Hall–Kier alpha value is -2.69. The summed E-state index contributed by atoms with van der Waals surface area (Å²) in [7, 11) is -0.625. The Morgan fingerprint density at radius 1 is 0.909 bits per heavy atom. The van der Waals surface area contributed by atoms with Crippen molar-refractivity contribution >= 4 is 55.0 Å².